The molecule has 2 aromatic carbocycles. The fourth-order valence-electron chi connectivity index (χ4n) is 4.28. The lowest BCUT2D eigenvalue weighted by molar-refractivity contribution is -0.123. The van der Waals surface area contributed by atoms with Crippen molar-refractivity contribution in [2.24, 2.45) is 0 Å². The van der Waals surface area contributed by atoms with Crippen molar-refractivity contribution in [3.63, 3.8) is 0 Å². The van der Waals surface area contributed by atoms with E-state index in [0.717, 1.165) is 5.56 Å². The van der Waals surface area contributed by atoms with Gasteiger partial charge in [-0.3, -0.25) is 14.5 Å². The Balaban J connectivity index is 1.45. The molecule has 0 aromatic heterocycles. The van der Waals surface area contributed by atoms with Gasteiger partial charge in [0, 0.05) is 26.2 Å². The van der Waals surface area contributed by atoms with Gasteiger partial charge in [-0.15, -0.1) is 0 Å². The number of anilines is 1. The summed E-state index contributed by atoms with van der Waals surface area (Å²) in [6.45, 7) is 4.99. The Kier molecular flexibility index (Phi) is 6.07. The molecular formula is C23H27N3O5S. The van der Waals surface area contributed by atoms with Crippen LogP contribution in [0.4, 0.5) is 5.69 Å². The number of hydrogen-bond donors (Lipinski definition) is 0. The van der Waals surface area contributed by atoms with Crippen LogP contribution in [0.2, 0.25) is 0 Å². The standard InChI is InChI=1S/C23H27N3O5S/c1-16-4-5-17(2)21(14-16)32(29,30)25-12-10-24(11-13-25)20-15-22(27)26(23(20)28)18-6-8-19(31-3)9-7-18/h4-9,14,20H,10-13,15H2,1-3H3/t20-/m0/s1. The zero-order valence-electron chi connectivity index (χ0n) is 18.4. The van der Waals surface area contributed by atoms with Gasteiger partial charge in [0.1, 0.15) is 5.75 Å². The summed E-state index contributed by atoms with van der Waals surface area (Å²) in [6, 6.07) is 11.6. The van der Waals surface area contributed by atoms with Crippen LogP contribution in [0.15, 0.2) is 47.4 Å². The molecule has 170 valence electrons. The summed E-state index contributed by atoms with van der Waals surface area (Å²) in [5.74, 6) is 0.118. The minimum atomic E-state index is -3.61. The van der Waals surface area contributed by atoms with Gasteiger partial charge in [0.05, 0.1) is 30.2 Å². The van der Waals surface area contributed by atoms with E-state index < -0.39 is 16.1 Å². The van der Waals surface area contributed by atoms with Crippen molar-refractivity contribution in [3.05, 3.63) is 53.6 Å². The molecule has 0 saturated carbocycles. The first kappa shape index (κ1) is 22.4. The topological polar surface area (TPSA) is 87.2 Å². The van der Waals surface area contributed by atoms with Gasteiger partial charge in [0.25, 0.3) is 5.91 Å². The molecule has 2 aromatic rings. The maximum absolute atomic E-state index is 13.2. The van der Waals surface area contributed by atoms with Gasteiger partial charge in [0.15, 0.2) is 0 Å². The quantitative estimate of drug-likeness (QED) is 0.638. The molecule has 2 aliphatic heterocycles. The molecule has 0 bridgehead atoms. The first-order chi connectivity index (χ1) is 15.2. The number of benzene rings is 2. The summed E-state index contributed by atoms with van der Waals surface area (Å²) < 4.78 is 32.9. The lowest BCUT2D eigenvalue weighted by atomic mass is 10.2. The van der Waals surface area contributed by atoms with Gasteiger partial charge < -0.3 is 4.74 Å². The molecule has 0 N–H and O–H groups in total. The molecule has 0 radical (unpaired) electrons. The maximum Gasteiger partial charge on any atom is 0.251 e. The number of ether oxygens (including phenoxy) is 1. The zero-order chi connectivity index (χ0) is 23.0. The van der Waals surface area contributed by atoms with E-state index in [1.807, 2.05) is 24.0 Å². The third-order valence-corrected chi connectivity index (χ3v) is 8.17. The van der Waals surface area contributed by atoms with E-state index >= 15 is 0 Å². The molecule has 9 heteroatoms. The molecule has 2 amide bonds. The van der Waals surface area contributed by atoms with Crippen LogP contribution >= 0.6 is 0 Å². The van der Waals surface area contributed by atoms with Crippen LogP contribution in [-0.2, 0) is 19.6 Å². The summed E-state index contributed by atoms with van der Waals surface area (Å²) in [7, 11) is -2.06. The maximum atomic E-state index is 13.2. The van der Waals surface area contributed by atoms with Gasteiger partial charge in [0.2, 0.25) is 15.9 Å². The van der Waals surface area contributed by atoms with E-state index in [0.29, 0.717) is 35.0 Å². The van der Waals surface area contributed by atoms with E-state index in [4.69, 9.17) is 4.74 Å². The summed E-state index contributed by atoms with van der Waals surface area (Å²) in [5.41, 5.74) is 2.12. The molecule has 1 atom stereocenters. The zero-order valence-corrected chi connectivity index (χ0v) is 19.3. The molecule has 2 fully saturated rings. The molecule has 8 nitrogen and oxygen atoms in total. The third kappa shape index (κ3) is 4.03. The van der Waals surface area contributed by atoms with E-state index in [-0.39, 0.29) is 31.3 Å². The number of rotatable bonds is 5. The molecular weight excluding hydrogens is 430 g/mol. The van der Waals surface area contributed by atoms with E-state index in [9.17, 15) is 18.0 Å². The molecule has 4 rings (SSSR count). The number of nitrogens with zero attached hydrogens (tertiary/aromatic N) is 3. The SMILES string of the molecule is COc1ccc(N2C(=O)C[C@H](N3CCN(S(=O)(=O)c4cc(C)ccc4C)CC3)C2=O)cc1. The summed E-state index contributed by atoms with van der Waals surface area (Å²) in [5, 5.41) is 0. The predicted octanol–water partition coefficient (Wildman–Crippen LogP) is 1.95. The van der Waals surface area contributed by atoms with Crippen LogP contribution in [0.5, 0.6) is 5.75 Å². The van der Waals surface area contributed by atoms with Crippen LogP contribution < -0.4 is 9.64 Å². The smallest absolute Gasteiger partial charge is 0.251 e. The summed E-state index contributed by atoms with van der Waals surface area (Å²) >= 11 is 0. The second-order valence-electron chi connectivity index (χ2n) is 8.19. The van der Waals surface area contributed by atoms with Crippen LogP contribution in [-0.4, -0.2) is 68.8 Å². The second kappa shape index (κ2) is 8.65. The Bertz CT molecular complexity index is 1140. The van der Waals surface area contributed by atoms with Crippen molar-refractivity contribution in [1.29, 1.82) is 0 Å². The minimum absolute atomic E-state index is 0.0919. The number of sulfonamides is 1. The highest BCUT2D eigenvalue weighted by molar-refractivity contribution is 7.89. The highest BCUT2D eigenvalue weighted by Gasteiger charge is 2.44. The van der Waals surface area contributed by atoms with Crippen LogP contribution in [0, 0.1) is 13.8 Å². The minimum Gasteiger partial charge on any atom is -0.497 e. The number of methoxy groups -OCH3 is 1. The van der Waals surface area contributed by atoms with Crippen molar-refractivity contribution in [3.8, 4) is 5.75 Å². The molecule has 2 aliphatic rings. The normalized spacial score (nSPS) is 20.7. The number of aryl methyl sites for hydroxylation is 2. The Labute approximate surface area is 188 Å². The van der Waals surface area contributed by atoms with Gasteiger partial charge in [-0.25, -0.2) is 13.3 Å². The first-order valence-electron chi connectivity index (χ1n) is 10.5. The number of piperazine rings is 1. The second-order valence-corrected chi connectivity index (χ2v) is 10.1. The van der Waals surface area contributed by atoms with Crippen molar-refractivity contribution in [1.82, 2.24) is 9.21 Å². The Morgan fingerprint density at radius 3 is 2.22 bits per heavy atom. The molecule has 0 aliphatic carbocycles. The monoisotopic (exact) mass is 457 g/mol. The predicted molar refractivity (Wildman–Crippen MR) is 120 cm³/mol. The fourth-order valence-corrected chi connectivity index (χ4v) is 6.02. The van der Waals surface area contributed by atoms with Crippen molar-refractivity contribution >= 4 is 27.5 Å². The number of amides is 2. The van der Waals surface area contributed by atoms with Crippen LogP contribution in [0.3, 0.4) is 0 Å². The lowest BCUT2D eigenvalue weighted by Crippen LogP contribution is -2.53. The summed E-state index contributed by atoms with van der Waals surface area (Å²) in [6.07, 6.45) is 0.0919. The van der Waals surface area contributed by atoms with Gasteiger partial charge in [-0.1, -0.05) is 12.1 Å². The van der Waals surface area contributed by atoms with Gasteiger partial charge in [-0.2, -0.15) is 4.31 Å². The van der Waals surface area contributed by atoms with Gasteiger partial charge in [-0.05, 0) is 55.3 Å². The number of carbonyl (C=O) groups is 2. The van der Waals surface area contributed by atoms with Crippen molar-refractivity contribution in [2.45, 2.75) is 31.2 Å². The highest BCUT2D eigenvalue weighted by atomic mass is 32.2. The van der Waals surface area contributed by atoms with Crippen LogP contribution in [0.1, 0.15) is 17.5 Å². The van der Waals surface area contributed by atoms with Crippen LogP contribution in [0.25, 0.3) is 0 Å². The van der Waals surface area contributed by atoms with Crippen molar-refractivity contribution in [2.75, 3.05) is 38.2 Å². The largest absolute Gasteiger partial charge is 0.497 e. The summed E-state index contributed by atoms with van der Waals surface area (Å²) in [4.78, 5) is 29.1. The molecule has 2 saturated heterocycles. The van der Waals surface area contributed by atoms with E-state index in [2.05, 4.69) is 0 Å². The Hall–Kier alpha value is -2.75. The number of carbonyl (C=O) groups excluding carboxylic acids is 2. The number of imide groups is 1. The van der Waals surface area contributed by atoms with Gasteiger partial charge >= 0.3 is 0 Å². The van der Waals surface area contributed by atoms with Crippen molar-refractivity contribution < 1.29 is 22.7 Å². The Morgan fingerprint density at radius 1 is 0.938 bits per heavy atom. The lowest BCUT2D eigenvalue weighted by Gasteiger charge is -2.36. The average Bonchev–Trinajstić information content (AvgIpc) is 3.09. The number of hydrogen-bond acceptors (Lipinski definition) is 6. The fraction of sp³-hybridized carbons (Fsp3) is 0.391. The molecule has 2 heterocycles. The molecule has 32 heavy (non-hydrogen) atoms. The molecule has 0 spiro atoms. The first-order valence-corrected chi connectivity index (χ1v) is 12.0. The molecule has 0 unspecified atom stereocenters. The highest BCUT2D eigenvalue weighted by Crippen LogP contribution is 2.29. The van der Waals surface area contributed by atoms with E-state index in [1.165, 1.54) is 9.21 Å². The Morgan fingerprint density at radius 2 is 1.59 bits per heavy atom. The average molecular weight is 458 g/mol. The van der Waals surface area contributed by atoms with E-state index in [1.54, 1.807) is 44.4 Å². The third-order valence-electron chi connectivity index (χ3n) is 6.13.